The van der Waals surface area contributed by atoms with E-state index in [9.17, 15) is 9.59 Å². The molecule has 0 fully saturated rings. The van der Waals surface area contributed by atoms with Gasteiger partial charge in [-0.15, -0.1) is 0 Å². The fourth-order valence-electron chi connectivity index (χ4n) is 1.95. The van der Waals surface area contributed by atoms with Crippen molar-refractivity contribution >= 4 is 34.4 Å². The number of para-hydroxylation sites is 1. The summed E-state index contributed by atoms with van der Waals surface area (Å²) in [5.74, 6) is -0.260. The SMILES string of the molecule is O=C(Nc1cc(=O)c2ccccc2o1)c1ccc(Cl)cc1. The molecular formula is C16H10ClNO3. The maximum Gasteiger partial charge on any atom is 0.257 e. The standard InChI is InChI=1S/C16H10ClNO3/c17-11-7-5-10(6-8-11)16(20)18-15-9-13(19)12-3-1-2-4-14(12)21-15/h1-9H,(H,18,20). The lowest BCUT2D eigenvalue weighted by Gasteiger charge is -2.05. The third-order valence-corrected chi connectivity index (χ3v) is 3.23. The van der Waals surface area contributed by atoms with Crippen molar-refractivity contribution in [3.63, 3.8) is 0 Å². The van der Waals surface area contributed by atoms with E-state index < -0.39 is 0 Å². The van der Waals surface area contributed by atoms with Crippen LogP contribution >= 0.6 is 11.6 Å². The van der Waals surface area contributed by atoms with Crippen LogP contribution < -0.4 is 10.7 Å². The van der Waals surface area contributed by atoms with Crippen LogP contribution in [0, 0.1) is 0 Å². The molecule has 3 aromatic rings. The van der Waals surface area contributed by atoms with Crippen LogP contribution in [0.2, 0.25) is 5.02 Å². The van der Waals surface area contributed by atoms with Gasteiger partial charge in [0.15, 0.2) is 5.43 Å². The average Bonchev–Trinajstić information content (AvgIpc) is 2.48. The van der Waals surface area contributed by atoms with Gasteiger partial charge in [-0.3, -0.25) is 14.9 Å². The summed E-state index contributed by atoms with van der Waals surface area (Å²) in [6.45, 7) is 0. The molecule has 1 aromatic heterocycles. The number of hydrogen-bond acceptors (Lipinski definition) is 3. The van der Waals surface area contributed by atoms with Crippen molar-refractivity contribution in [3.05, 3.63) is 75.4 Å². The summed E-state index contributed by atoms with van der Waals surface area (Å²) in [4.78, 5) is 24.0. The van der Waals surface area contributed by atoms with E-state index in [0.717, 1.165) is 0 Å². The first-order valence-electron chi connectivity index (χ1n) is 6.23. The Hall–Kier alpha value is -2.59. The van der Waals surface area contributed by atoms with Crippen molar-refractivity contribution in [3.8, 4) is 0 Å². The Kier molecular flexibility index (Phi) is 3.46. The third-order valence-electron chi connectivity index (χ3n) is 2.98. The predicted octanol–water partition coefficient (Wildman–Crippen LogP) is 3.70. The number of benzene rings is 2. The first kappa shape index (κ1) is 13.4. The van der Waals surface area contributed by atoms with Crippen molar-refractivity contribution in [2.24, 2.45) is 0 Å². The van der Waals surface area contributed by atoms with E-state index in [0.29, 0.717) is 21.6 Å². The van der Waals surface area contributed by atoms with Gasteiger partial charge in [-0.05, 0) is 36.4 Å². The highest BCUT2D eigenvalue weighted by Crippen LogP contribution is 2.16. The van der Waals surface area contributed by atoms with E-state index in [4.69, 9.17) is 16.0 Å². The highest BCUT2D eigenvalue weighted by atomic mass is 35.5. The van der Waals surface area contributed by atoms with Gasteiger partial charge < -0.3 is 4.42 Å². The third kappa shape index (κ3) is 2.80. The van der Waals surface area contributed by atoms with Gasteiger partial charge in [0, 0.05) is 16.7 Å². The second kappa shape index (κ2) is 5.42. The average molecular weight is 300 g/mol. The smallest absolute Gasteiger partial charge is 0.257 e. The summed E-state index contributed by atoms with van der Waals surface area (Å²) >= 11 is 5.77. The van der Waals surface area contributed by atoms with E-state index in [1.807, 2.05) is 0 Å². The zero-order chi connectivity index (χ0) is 14.8. The topological polar surface area (TPSA) is 59.3 Å². The minimum atomic E-state index is -0.370. The van der Waals surface area contributed by atoms with Crippen LogP contribution in [-0.2, 0) is 0 Å². The largest absolute Gasteiger partial charge is 0.440 e. The van der Waals surface area contributed by atoms with Crippen molar-refractivity contribution < 1.29 is 9.21 Å². The van der Waals surface area contributed by atoms with E-state index in [2.05, 4.69) is 5.32 Å². The molecule has 0 unspecified atom stereocenters. The van der Waals surface area contributed by atoms with Gasteiger partial charge in [0.25, 0.3) is 5.91 Å². The van der Waals surface area contributed by atoms with E-state index in [-0.39, 0.29) is 17.2 Å². The number of carbonyl (C=O) groups is 1. The van der Waals surface area contributed by atoms with Gasteiger partial charge in [-0.25, -0.2) is 0 Å². The number of fused-ring (bicyclic) bond motifs is 1. The van der Waals surface area contributed by atoms with Crippen LogP contribution in [0.1, 0.15) is 10.4 Å². The lowest BCUT2D eigenvalue weighted by Crippen LogP contribution is -2.13. The second-order valence-corrected chi connectivity index (χ2v) is 4.87. The molecule has 0 aliphatic carbocycles. The van der Waals surface area contributed by atoms with Crippen molar-refractivity contribution in [1.82, 2.24) is 0 Å². The maximum absolute atomic E-state index is 12.1. The van der Waals surface area contributed by atoms with Gasteiger partial charge in [0.05, 0.1) is 5.39 Å². The Morgan fingerprint density at radius 1 is 1.05 bits per heavy atom. The molecule has 0 saturated heterocycles. The normalized spacial score (nSPS) is 10.5. The quantitative estimate of drug-likeness (QED) is 0.785. The van der Waals surface area contributed by atoms with Gasteiger partial charge in [0.2, 0.25) is 5.88 Å². The zero-order valence-electron chi connectivity index (χ0n) is 10.8. The molecule has 0 aliphatic rings. The summed E-state index contributed by atoms with van der Waals surface area (Å²) in [7, 11) is 0. The number of rotatable bonds is 2. The van der Waals surface area contributed by atoms with Crippen molar-refractivity contribution in [2.75, 3.05) is 5.32 Å². The molecule has 2 aromatic carbocycles. The molecule has 0 bridgehead atoms. The summed E-state index contributed by atoms with van der Waals surface area (Å²) < 4.78 is 5.50. The molecule has 1 amide bonds. The first-order valence-corrected chi connectivity index (χ1v) is 6.61. The highest BCUT2D eigenvalue weighted by molar-refractivity contribution is 6.30. The van der Waals surface area contributed by atoms with Gasteiger partial charge >= 0.3 is 0 Å². The molecule has 1 N–H and O–H groups in total. The first-order chi connectivity index (χ1) is 10.1. The monoisotopic (exact) mass is 299 g/mol. The van der Waals surface area contributed by atoms with Gasteiger partial charge in [-0.1, -0.05) is 23.7 Å². The number of hydrogen-bond donors (Lipinski definition) is 1. The molecule has 0 atom stereocenters. The van der Waals surface area contributed by atoms with E-state index >= 15 is 0 Å². The fourth-order valence-corrected chi connectivity index (χ4v) is 2.08. The molecule has 0 radical (unpaired) electrons. The van der Waals surface area contributed by atoms with Crippen LogP contribution in [0.15, 0.2) is 63.8 Å². The molecule has 104 valence electrons. The van der Waals surface area contributed by atoms with Crippen molar-refractivity contribution in [2.45, 2.75) is 0 Å². The number of carbonyl (C=O) groups excluding carboxylic acids is 1. The molecule has 0 saturated carbocycles. The molecule has 5 heteroatoms. The highest BCUT2D eigenvalue weighted by Gasteiger charge is 2.09. The summed E-state index contributed by atoms with van der Waals surface area (Å²) in [6.07, 6.45) is 0. The molecular weight excluding hydrogens is 290 g/mol. The number of halogens is 1. The summed E-state index contributed by atoms with van der Waals surface area (Å²) in [5.41, 5.74) is 0.648. The number of nitrogens with one attached hydrogen (secondary N) is 1. The van der Waals surface area contributed by atoms with Crippen molar-refractivity contribution in [1.29, 1.82) is 0 Å². The Balaban J connectivity index is 1.93. The molecule has 4 nitrogen and oxygen atoms in total. The zero-order valence-corrected chi connectivity index (χ0v) is 11.6. The number of amides is 1. The Labute approximate surface area is 125 Å². The van der Waals surface area contributed by atoms with Crippen LogP contribution in [0.25, 0.3) is 11.0 Å². The molecule has 21 heavy (non-hydrogen) atoms. The molecule has 0 aliphatic heterocycles. The summed E-state index contributed by atoms with van der Waals surface area (Å²) in [5, 5.41) is 3.58. The second-order valence-electron chi connectivity index (χ2n) is 4.43. The van der Waals surface area contributed by atoms with Crippen LogP contribution in [0.3, 0.4) is 0 Å². The lowest BCUT2D eigenvalue weighted by atomic mass is 10.2. The predicted molar refractivity (Wildman–Crippen MR) is 81.9 cm³/mol. The Morgan fingerprint density at radius 2 is 1.76 bits per heavy atom. The lowest BCUT2D eigenvalue weighted by molar-refractivity contribution is 0.102. The van der Waals surface area contributed by atoms with Crippen LogP contribution in [0.5, 0.6) is 0 Å². The Bertz CT molecular complexity index is 869. The maximum atomic E-state index is 12.1. The van der Waals surface area contributed by atoms with Crippen LogP contribution in [0.4, 0.5) is 5.88 Å². The van der Waals surface area contributed by atoms with E-state index in [1.165, 1.54) is 6.07 Å². The summed E-state index contributed by atoms with van der Waals surface area (Å²) in [6, 6.07) is 14.5. The van der Waals surface area contributed by atoms with Gasteiger partial charge in [0.1, 0.15) is 5.58 Å². The number of anilines is 1. The fraction of sp³-hybridized carbons (Fsp3) is 0. The van der Waals surface area contributed by atoms with Gasteiger partial charge in [-0.2, -0.15) is 0 Å². The molecule has 3 rings (SSSR count). The molecule has 1 heterocycles. The molecule has 0 spiro atoms. The van der Waals surface area contributed by atoms with E-state index in [1.54, 1.807) is 48.5 Å². The minimum Gasteiger partial charge on any atom is -0.440 e. The van der Waals surface area contributed by atoms with Crippen LogP contribution in [-0.4, -0.2) is 5.91 Å². The minimum absolute atomic E-state index is 0.110. The Morgan fingerprint density at radius 3 is 2.52 bits per heavy atom.